The Morgan fingerprint density at radius 3 is 2.70 bits per heavy atom. The molecule has 3 radical (unpaired) electrons. The molecular weight excluding hydrogens is 625 g/mol. The highest BCUT2D eigenvalue weighted by Gasteiger charge is 2.35. The highest BCUT2D eigenvalue weighted by atomic mass is 35.5. The van der Waals surface area contributed by atoms with E-state index in [9.17, 15) is 9.18 Å². The third-order valence-electron chi connectivity index (χ3n) is 7.87. The summed E-state index contributed by atoms with van der Waals surface area (Å²) >= 11 is 5.86. The maximum atomic E-state index is 14.2. The number of nitrogens with one attached hydrogen (secondary N) is 1. The molecule has 1 amide bonds. The monoisotopic (exact) mass is 660 g/mol. The number of carbonyl (C=O) groups is 1. The van der Waals surface area contributed by atoms with Crippen molar-refractivity contribution in [2.24, 2.45) is 0 Å². The van der Waals surface area contributed by atoms with E-state index >= 15 is 0 Å². The summed E-state index contributed by atoms with van der Waals surface area (Å²) in [5, 5.41) is 2.73. The van der Waals surface area contributed by atoms with Crippen LogP contribution in [-0.4, -0.2) is 66.3 Å². The fourth-order valence-electron chi connectivity index (χ4n) is 5.46. The highest BCUT2D eigenvalue weighted by Crippen LogP contribution is 2.30. The number of hydrogen-bond donors (Lipinski definition) is 1. The predicted octanol–water partition coefficient (Wildman–Crippen LogP) is 6.72. The molecule has 239 valence electrons. The smallest absolute Gasteiger partial charge is 0.412 e. The van der Waals surface area contributed by atoms with Gasteiger partial charge in [0.25, 0.3) is 0 Å². The van der Waals surface area contributed by atoms with Crippen LogP contribution in [0, 0.1) is 5.82 Å². The van der Waals surface area contributed by atoms with Gasteiger partial charge in [0, 0.05) is 48.6 Å². The first-order valence-corrected chi connectivity index (χ1v) is 16.1. The molecule has 2 aromatic heterocycles. The Morgan fingerprint density at radius 2 is 2.00 bits per heavy atom. The van der Waals surface area contributed by atoms with E-state index in [0.29, 0.717) is 41.8 Å². The van der Waals surface area contributed by atoms with Crippen molar-refractivity contribution < 1.29 is 23.4 Å². The molecule has 0 unspecified atom stereocenters. The Hall–Kier alpha value is -3.77. The van der Waals surface area contributed by atoms with Crippen LogP contribution in [0.15, 0.2) is 60.7 Å². The van der Waals surface area contributed by atoms with Gasteiger partial charge in [-0.05, 0) is 75.6 Å². The summed E-state index contributed by atoms with van der Waals surface area (Å²) in [6, 6.07) is 15.9. The molecule has 1 fully saturated rings. The molecule has 1 N–H and O–H groups in total. The van der Waals surface area contributed by atoms with Crippen LogP contribution in [0.5, 0.6) is 5.88 Å². The number of ether oxygens (including phenoxy) is 3. The minimum Gasteiger partial charge on any atom is -0.473 e. The fraction of sp³-hybridized carbons (Fsp3) is 0.382. The maximum Gasteiger partial charge on any atom is 0.412 e. The van der Waals surface area contributed by atoms with Crippen LogP contribution in [0.4, 0.5) is 14.9 Å². The summed E-state index contributed by atoms with van der Waals surface area (Å²) < 4.78 is 33.5. The van der Waals surface area contributed by atoms with E-state index in [-0.39, 0.29) is 6.61 Å². The average Bonchev–Trinajstić information content (AvgIpc) is 3.30. The van der Waals surface area contributed by atoms with Crippen molar-refractivity contribution >= 4 is 50.2 Å². The molecule has 6 rings (SSSR count). The molecule has 1 saturated heterocycles. The van der Waals surface area contributed by atoms with Crippen LogP contribution in [-0.2, 0) is 29.2 Å². The zero-order valence-corrected chi connectivity index (χ0v) is 27.9. The van der Waals surface area contributed by atoms with Crippen LogP contribution in [0.2, 0.25) is 5.02 Å². The molecule has 0 aliphatic carbocycles. The summed E-state index contributed by atoms with van der Waals surface area (Å²) in [5.41, 5.74) is 4.16. The first kappa shape index (κ1) is 32.2. The van der Waals surface area contributed by atoms with Crippen LogP contribution >= 0.6 is 11.6 Å². The Kier molecular flexibility index (Phi) is 9.20. The molecule has 0 bridgehead atoms. The van der Waals surface area contributed by atoms with Gasteiger partial charge in [-0.1, -0.05) is 29.8 Å². The number of rotatable bonds is 9. The second kappa shape index (κ2) is 13.1. The number of imidazole rings is 1. The minimum atomic E-state index is -0.593. The van der Waals surface area contributed by atoms with Crippen LogP contribution < -0.4 is 10.1 Å². The van der Waals surface area contributed by atoms with Crippen molar-refractivity contribution in [1.82, 2.24) is 19.4 Å². The van der Waals surface area contributed by atoms with Gasteiger partial charge in [-0.15, -0.1) is 0 Å². The number of halogens is 2. The van der Waals surface area contributed by atoms with Gasteiger partial charge < -0.3 is 18.8 Å². The molecule has 0 saturated carbocycles. The Labute approximate surface area is 276 Å². The molecule has 1 atom stereocenters. The number of aromatic nitrogens is 3. The number of benzene rings is 2. The summed E-state index contributed by atoms with van der Waals surface area (Å²) in [4.78, 5) is 24.4. The van der Waals surface area contributed by atoms with Crippen molar-refractivity contribution in [3.05, 3.63) is 88.6 Å². The predicted molar refractivity (Wildman–Crippen MR) is 176 cm³/mol. The second-order valence-corrected chi connectivity index (χ2v) is 14.0. The molecule has 2 aromatic carbocycles. The number of amides is 1. The zero-order valence-electron chi connectivity index (χ0n) is 26.1. The molecule has 9 nitrogen and oxygen atoms in total. The van der Waals surface area contributed by atoms with E-state index in [4.69, 9.17) is 30.8 Å². The van der Waals surface area contributed by atoms with Crippen molar-refractivity contribution in [3.63, 3.8) is 0 Å². The summed E-state index contributed by atoms with van der Waals surface area (Å²) in [6.45, 7) is 9.06. The second-order valence-electron chi connectivity index (χ2n) is 12.6. The fourth-order valence-corrected chi connectivity index (χ4v) is 5.98. The van der Waals surface area contributed by atoms with Gasteiger partial charge in [-0.25, -0.2) is 19.2 Å². The van der Waals surface area contributed by atoms with Crippen molar-refractivity contribution in [3.8, 4) is 5.88 Å². The topological polar surface area (TPSA) is 90.7 Å². The van der Waals surface area contributed by atoms with Crippen molar-refractivity contribution in [1.29, 1.82) is 0 Å². The van der Waals surface area contributed by atoms with Crippen molar-refractivity contribution in [2.75, 3.05) is 25.0 Å². The van der Waals surface area contributed by atoms with E-state index in [1.54, 1.807) is 18.2 Å². The lowest BCUT2D eigenvalue weighted by molar-refractivity contribution is -0.0947. The van der Waals surface area contributed by atoms with E-state index < -0.39 is 22.7 Å². The van der Waals surface area contributed by atoms with Crippen LogP contribution in [0.3, 0.4) is 0 Å². The molecule has 46 heavy (non-hydrogen) atoms. The van der Waals surface area contributed by atoms with E-state index in [2.05, 4.69) is 36.1 Å². The van der Waals surface area contributed by atoms with Crippen molar-refractivity contribution in [2.45, 2.75) is 64.1 Å². The van der Waals surface area contributed by atoms with Crippen LogP contribution in [0.1, 0.15) is 50.7 Å². The number of pyridine rings is 1. The summed E-state index contributed by atoms with van der Waals surface area (Å²) in [7, 11) is 3.83. The van der Waals surface area contributed by atoms with Gasteiger partial charge in [0.15, 0.2) is 0 Å². The number of fused-ring (bicyclic) bond motifs is 1. The quantitative estimate of drug-likeness (QED) is 0.199. The molecular formula is C34H36ClFN5O4Si. The SMILES string of the molecule is CC(C)(C)OC(=O)Nc1ccc2c(c1)nc(CN1CC=C(c3cccc(OCc4ccc(Cl)cc4F)n3)CC1)n2C[C@]1([Si])CCO1. The Bertz CT molecular complexity index is 1790. The van der Waals surface area contributed by atoms with Gasteiger partial charge in [-0.3, -0.25) is 10.2 Å². The highest BCUT2D eigenvalue weighted by molar-refractivity contribution is 6.30. The third kappa shape index (κ3) is 7.77. The third-order valence-corrected chi connectivity index (χ3v) is 8.66. The standard InChI is InChI=1S/C34H36ClFN5O4Si/c1-33(2,3)45-32(42)37-25-9-10-29-28(18-25)38-30(41(29)21-34(46)13-16-44-34)19-40-14-11-22(12-15-40)27-5-4-6-31(39-27)43-20-23-7-8-24(35)17-26(23)36/h4-11,17-18H,12-16,19-21H2,1-3H3,(H,37,42)/t34-/m1/s1. The van der Waals surface area contributed by atoms with Gasteiger partial charge in [0.2, 0.25) is 5.88 Å². The van der Waals surface area contributed by atoms with Gasteiger partial charge in [0.1, 0.15) is 23.8 Å². The Balaban J connectivity index is 1.15. The number of hydrogen-bond acceptors (Lipinski definition) is 7. The molecule has 2 aliphatic heterocycles. The molecule has 12 heteroatoms. The molecule has 2 aliphatic rings. The maximum absolute atomic E-state index is 14.2. The number of nitrogens with zero attached hydrogens (tertiary/aromatic N) is 4. The number of anilines is 1. The largest absolute Gasteiger partial charge is 0.473 e. The van der Waals surface area contributed by atoms with E-state index in [1.807, 2.05) is 51.1 Å². The number of carbonyl (C=O) groups excluding carboxylic acids is 1. The lowest BCUT2D eigenvalue weighted by Gasteiger charge is -2.39. The first-order chi connectivity index (χ1) is 21.9. The molecule has 0 spiro atoms. The summed E-state index contributed by atoms with van der Waals surface area (Å²) in [6.07, 6.45) is 3.39. The van der Waals surface area contributed by atoms with Gasteiger partial charge >= 0.3 is 6.09 Å². The summed E-state index contributed by atoms with van der Waals surface area (Å²) in [5.74, 6) is 0.945. The average molecular weight is 661 g/mol. The minimum absolute atomic E-state index is 0.0619. The van der Waals surface area contributed by atoms with Gasteiger partial charge in [-0.2, -0.15) is 0 Å². The zero-order chi connectivity index (χ0) is 32.5. The van der Waals surface area contributed by atoms with E-state index in [0.717, 1.165) is 54.1 Å². The lowest BCUT2D eigenvalue weighted by atomic mass is 10.0. The normalized spacial score (nSPS) is 18.6. The lowest BCUT2D eigenvalue weighted by Crippen LogP contribution is -2.48. The Morgan fingerprint density at radius 1 is 1.17 bits per heavy atom. The molecule has 4 aromatic rings. The first-order valence-electron chi connectivity index (χ1n) is 15.3. The molecule has 4 heterocycles. The van der Waals surface area contributed by atoms with Crippen LogP contribution in [0.25, 0.3) is 16.6 Å². The van der Waals surface area contributed by atoms with E-state index in [1.165, 1.54) is 6.07 Å². The van der Waals surface area contributed by atoms with Gasteiger partial charge in [0.05, 0.1) is 38.7 Å².